The molecular weight excluding hydrogens is 311 g/mol. The van der Waals surface area contributed by atoms with Gasteiger partial charge >= 0.3 is 6.18 Å². The lowest BCUT2D eigenvalue weighted by Gasteiger charge is -2.10. The first kappa shape index (κ1) is 15.1. The van der Waals surface area contributed by atoms with Gasteiger partial charge in [0, 0.05) is 13.1 Å². The lowest BCUT2D eigenvalue weighted by molar-refractivity contribution is -0.137. The smallest absolute Gasteiger partial charge is 0.416 e. The Morgan fingerprint density at radius 3 is 2.48 bits per heavy atom. The van der Waals surface area contributed by atoms with Crippen molar-refractivity contribution in [2.24, 2.45) is 7.05 Å². The number of pyridine rings is 1. The summed E-state index contributed by atoms with van der Waals surface area (Å²) >= 11 is 0. The average Bonchev–Trinajstić information content (AvgIpc) is 2.82. The van der Waals surface area contributed by atoms with Crippen LogP contribution in [0.25, 0.3) is 22.6 Å². The number of imidazole rings is 1. The quantitative estimate of drug-likeness (QED) is 0.785. The van der Waals surface area contributed by atoms with Crippen LogP contribution in [0.4, 0.5) is 13.2 Å². The van der Waals surface area contributed by atoms with Crippen LogP contribution in [0.3, 0.4) is 0 Å². The number of aromatic nitrogens is 3. The number of ether oxygens (including phenoxy) is 1. The Kier molecular flexibility index (Phi) is 3.39. The molecule has 5 nitrogen and oxygen atoms in total. The SMILES string of the molecule is COc1ccc2c(n1)nc(-c1ccc(C(F)(F)F)cc1O)n2C. The third-order valence-corrected chi connectivity index (χ3v) is 3.49. The number of nitrogens with zero attached hydrogens (tertiary/aromatic N) is 3. The molecule has 0 saturated heterocycles. The number of methoxy groups -OCH3 is 1. The molecule has 0 atom stereocenters. The summed E-state index contributed by atoms with van der Waals surface area (Å²) in [7, 11) is 3.16. The van der Waals surface area contributed by atoms with E-state index in [9.17, 15) is 18.3 Å². The summed E-state index contributed by atoms with van der Waals surface area (Å²) in [5.41, 5.74) is 0.316. The monoisotopic (exact) mass is 323 g/mol. The number of phenols is 1. The van der Waals surface area contributed by atoms with Gasteiger partial charge in [0.05, 0.1) is 23.8 Å². The molecule has 23 heavy (non-hydrogen) atoms. The summed E-state index contributed by atoms with van der Waals surface area (Å²) < 4.78 is 44.7. The van der Waals surface area contributed by atoms with Crippen molar-refractivity contribution in [2.75, 3.05) is 7.11 Å². The van der Waals surface area contributed by atoms with Gasteiger partial charge in [-0.2, -0.15) is 18.2 Å². The van der Waals surface area contributed by atoms with E-state index in [0.717, 1.165) is 6.07 Å². The zero-order chi connectivity index (χ0) is 16.8. The molecule has 0 aliphatic heterocycles. The Morgan fingerprint density at radius 1 is 1.13 bits per heavy atom. The highest BCUT2D eigenvalue weighted by Gasteiger charge is 2.31. The molecule has 0 spiro atoms. The maximum absolute atomic E-state index is 12.7. The van der Waals surface area contributed by atoms with Gasteiger partial charge in [-0.1, -0.05) is 0 Å². The zero-order valence-corrected chi connectivity index (χ0v) is 12.2. The fourth-order valence-electron chi connectivity index (χ4n) is 2.31. The molecular formula is C15H12F3N3O2. The Morgan fingerprint density at radius 2 is 1.87 bits per heavy atom. The molecule has 8 heteroatoms. The Balaban J connectivity index is 2.15. The second kappa shape index (κ2) is 5.15. The zero-order valence-electron chi connectivity index (χ0n) is 12.2. The van der Waals surface area contributed by atoms with Gasteiger partial charge in [0.2, 0.25) is 5.88 Å². The van der Waals surface area contributed by atoms with Gasteiger partial charge in [-0.3, -0.25) is 0 Å². The Labute approximate surface area is 129 Å². The highest BCUT2D eigenvalue weighted by Crippen LogP contribution is 2.36. The molecule has 0 aliphatic carbocycles. The van der Waals surface area contributed by atoms with Crippen molar-refractivity contribution in [3.8, 4) is 23.0 Å². The molecule has 1 N–H and O–H groups in total. The number of hydrogen-bond acceptors (Lipinski definition) is 4. The fourth-order valence-corrected chi connectivity index (χ4v) is 2.31. The molecule has 2 heterocycles. The summed E-state index contributed by atoms with van der Waals surface area (Å²) in [5, 5.41) is 9.96. The van der Waals surface area contributed by atoms with E-state index >= 15 is 0 Å². The standard InChI is InChI=1S/C15H12F3N3O2/c1-21-10-5-6-12(23-2)19-13(10)20-14(21)9-4-3-8(7-11(9)22)15(16,17)18/h3-7,22H,1-2H3. The largest absolute Gasteiger partial charge is 0.507 e. The average molecular weight is 323 g/mol. The minimum Gasteiger partial charge on any atom is -0.507 e. The summed E-state index contributed by atoms with van der Waals surface area (Å²) in [4.78, 5) is 8.45. The molecule has 3 rings (SSSR count). The first-order valence-electron chi connectivity index (χ1n) is 6.59. The van der Waals surface area contributed by atoms with Gasteiger partial charge in [0.15, 0.2) is 5.65 Å². The lowest BCUT2D eigenvalue weighted by Crippen LogP contribution is -2.04. The van der Waals surface area contributed by atoms with Crippen LogP contribution < -0.4 is 4.74 Å². The highest BCUT2D eigenvalue weighted by molar-refractivity contribution is 5.79. The molecule has 0 aliphatic rings. The van der Waals surface area contributed by atoms with Gasteiger partial charge in [-0.15, -0.1) is 0 Å². The van der Waals surface area contributed by atoms with E-state index < -0.39 is 17.5 Å². The van der Waals surface area contributed by atoms with Crippen LogP contribution in [0.15, 0.2) is 30.3 Å². The van der Waals surface area contributed by atoms with Gasteiger partial charge in [-0.25, -0.2) is 4.98 Å². The van der Waals surface area contributed by atoms with E-state index in [0.29, 0.717) is 28.9 Å². The number of alkyl halides is 3. The second-order valence-electron chi connectivity index (χ2n) is 4.92. The molecule has 120 valence electrons. The van der Waals surface area contributed by atoms with Crippen molar-refractivity contribution in [3.63, 3.8) is 0 Å². The van der Waals surface area contributed by atoms with Crippen molar-refractivity contribution in [3.05, 3.63) is 35.9 Å². The minimum atomic E-state index is -4.52. The van der Waals surface area contributed by atoms with Gasteiger partial charge in [-0.05, 0) is 24.3 Å². The van der Waals surface area contributed by atoms with E-state index in [1.807, 2.05) is 0 Å². The predicted molar refractivity (Wildman–Crippen MR) is 77.2 cm³/mol. The first-order valence-corrected chi connectivity index (χ1v) is 6.59. The van der Waals surface area contributed by atoms with Crippen molar-refractivity contribution < 1.29 is 23.0 Å². The van der Waals surface area contributed by atoms with E-state index in [-0.39, 0.29) is 5.56 Å². The summed E-state index contributed by atoms with van der Waals surface area (Å²) in [5.74, 6) is 0.191. The molecule has 0 saturated carbocycles. The minimum absolute atomic E-state index is 0.192. The number of halogens is 3. The van der Waals surface area contributed by atoms with Crippen molar-refractivity contribution >= 4 is 11.2 Å². The third kappa shape index (κ3) is 2.56. The third-order valence-electron chi connectivity index (χ3n) is 3.49. The molecule has 0 unspecified atom stereocenters. The normalized spacial score (nSPS) is 11.9. The van der Waals surface area contributed by atoms with Gasteiger partial charge in [0.1, 0.15) is 11.6 Å². The van der Waals surface area contributed by atoms with Crippen LogP contribution >= 0.6 is 0 Å². The molecule has 0 bridgehead atoms. The van der Waals surface area contributed by atoms with Gasteiger partial charge < -0.3 is 14.4 Å². The Bertz CT molecular complexity index is 888. The molecule has 0 fully saturated rings. The van der Waals surface area contributed by atoms with E-state index in [2.05, 4.69) is 9.97 Å². The number of phenolic OH excluding ortho intramolecular Hbond substituents is 1. The van der Waals surface area contributed by atoms with Crippen LogP contribution in [0.1, 0.15) is 5.56 Å². The first-order chi connectivity index (χ1) is 10.8. The van der Waals surface area contributed by atoms with Crippen LogP contribution in [0.5, 0.6) is 11.6 Å². The maximum atomic E-state index is 12.7. The molecule has 3 aromatic rings. The number of aromatic hydroxyl groups is 1. The molecule has 0 amide bonds. The summed E-state index contributed by atoms with van der Waals surface area (Å²) in [6, 6.07) is 6.17. The Hall–Kier alpha value is -2.77. The van der Waals surface area contributed by atoms with E-state index in [4.69, 9.17) is 4.74 Å². The summed E-state index contributed by atoms with van der Waals surface area (Å²) in [6.45, 7) is 0. The number of rotatable bonds is 2. The number of fused-ring (bicyclic) bond motifs is 1. The van der Waals surface area contributed by atoms with Crippen LogP contribution in [-0.4, -0.2) is 26.8 Å². The predicted octanol–water partition coefficient (Wildman–Crippen LogP) is 3.37. The summed E-state index contributed by atoms with van der Waals surface area (Å²) in [6.07, 6.45) is -4.52. The van der Waals surface area contributed by atoms with E-state index in [1.165, 1.54) is 13.2 Å². The fraction of sp³-hybridized carbons (Fsp3) is 0.200. The van der Waals surface area contributed by atoms with E-state index in [1.54, 1.807) is 23.7 Å². The van der Waals surface area contributed by atoms with Crippen LogP contribution in [0, 0.1) is 0 Å². The number of benzene rings is 1. The highest BCUT2D eigenvalue weighted by atomic mass is 19.4. The van der Waals surface area contributed by atoms with Crippen LogP contribution in [0.2, 0.25) is 0 Å². The molecule has 1 aromatic carbocycles. The lowest BCUT2D eigenvalue weighted by atomic mass is 10.1. The maximum Gasteiger partial charge on any atom is 0.416 e. The van der Waals surface area contributed by atoms with Crippen molar-refractivity contribution in [1.29, 1.82) is 0 Å². The topological polar surface area (TPSA) is 60.2 Å². The van der Waals surface area contributed by atoms with Crippen molar-refractivity contribution in [1.82, 2.24) is 14.5 Å². The molecule has 0 radical (unpaired) electrons. The van der Waals surface area contributed by atoms with Gasteiger partial charge in [0.25, 0.3) is 0 Å². The number of aryl methyl sites for hydroxylation is 1. The number of hydrogen-bond donors (Lipinski definition) is 1. The second-order valence-corrected chi connectivity index (χ2v) is 4.92. The van der Waals surface area contributed by atoms with Crippen LogP contribution in [-0.2, 0) is 13.2 Å². The van der Waals surface area contributed by atoms with Crippen molar-refractivity contribution in [2.45, 2.75) is 6.18 Å². The molecule has 2 aromatic heterocycles.